The Morgan fingerprint density at radius 3 is 2.25 bits per heavy atom. The minimum atomic E-state index is -0.492. The number of hydrogen-bond acceptors (Lipinski definition) is 2. The molecule has 0 heterocycles. The number of rotatable bonds is 3. The van der Waals surface area contributed by atoms with Crippen LogP contribution >= 0.6 is 0 Å². The molecule has 0 atom stereocenters. The zero-order valence-electron chi connectivity index (χ0n) is 8.81. The van der Waals surface area contributed by atoms with Gasteiger partial charge in [0.2, 0.25) is 5.82 Å². The third kappa shape index (κ3) is 2.14. The van der Waals surface area contributed by atoms with E-state index in [9.17, 15) is 4.39 Å². The average Bonchev–Trinajstić information content (AvgIpc) is 2.33. The first-order valence-electron chi connectivity index (χ1n) is 4.86. The highest BCUT2D eigenvalue weighted by Gasteiger charge is 2.09. The Morgan fingerprint density at radius 1 is 0.875 bits per heavy atom. The minimum Gasteiger partial charge on any atom is -0.494 e. The second kappa shape index (κ2) is 4.66. The lowest BCUT2D eigenvalue weighted by Gasteiger charge is -2.08. The number of methoxy groups -OCH3 is 1. The van der Waals surface area contributed by atoms with Crippen LogP contribution in [0.5, 0.6) is 17.2 Å². The molecule has 0 saturated heterocycles. The SMILES string of the molecule is COc1cccc(Oc2ccccc2)c1F. The van der Waals surface area contributed by atoms with Gasteiger partial charge in [-0.2, -0.15) is 4.39 Å². The van der Waals surface area contributed by atoms with Crippen LogP contribution in [0.4, 0.5) is 4.39 Å². The maximum atomic E-state index is 13.7. The molecule has 0 aromatic heterocycles. The van der Waals surface area contributed by atoms with E-state index in [0.29, 0.717) is 5.75 Å². The Balaban J connectivity index is 2.28. The average molecular weight is 218 g/mol. The van der Waals surface area contributed by atoms with Gasteiger partial charge in [-0.15, -0.1) is 0 Å². The molecule has 0 saturated carbocycles. The van der Waals surface area contributed by atoms with Crippen molar-refractivity contribution < 1.29 is 13.9 Å². The molecule has 0 N–H and O–H groups in total. The molecule has 82 valence electrons. The van der Waals surface area contributed by atoms with Crippen LogP contribution in [0.25, 0.3) is 0 Å². The summed E-state index contributed by atoms with van der Waals surface area (Å²) in [7, 11) is 1.42. The lowest BCUT2D eigenvalue weighted by atomic mass is 10.3. The van der Waals surface area contributed by atoms with Crippen LogP contribution in [0.15, 0.2) is 48.5 Å². The molecule has 0 fully saturated rings. The minimum absolute atomic E-state index is 0.158. The normalized spacial score (nSPS) is 9.88. The quantitative estimate of drug-likeness (QED) is 0.783. The molecule has 0 unspecified atom stereocenters. The van der Waals surface area contributed by atoms with Gasteiger partial charge in [0.05, 0.1) is 7.11 Å². The lowest BCUT2D eigenvalue weighted by Crippen LogP contribution is -1.92. The molecule has 0 aliphatic carbocycles. The highest BCUT2D eigenvalue weighted by atomic mass is 19.1. The molecular weight excluding hydrogens is 207 g/mol. The van der Waals surface area contributed by atoms with Crippen molar-refractivity contribution >= 4 is 0 Å². The van der Waals surface area contributed by atoms with Crippen molar-refractivity contribution in [2.45, 2.75) is 0 Å². The molecule has 2 rings (SSSR count). The van der Waals surface area contributed by atoms with Crippen molar-refractivity contribution in [1.82, 2.24) is 0 Å². The zero-order chi connectivity index (χ0) is 11.4. The molecule has 16 heavy (non-hydrogen) atoms. The van der Waals surface area contributed by atoms with E-state index in [2.05, 4.69) is 0 Å². The van der Waals surface area contributed by atoms with Crippen molar-refractivity contribution in [3.05, 3.63) is 54.3 Å². The van der Waals surface area contributed by atoms with Gasteiger partial charge in [0, 0.05) is 0 Å². The highest BCUT2D eigenvalue weighted by Crippen LogP contribution is 2.29. The molecule has 0 aliphatic heterocycles. The summed E-state index contributed by atoms with van der Waals surface area (Å²) >= 11 is 0. The number of benzene rings is 2. The molecule has 0 radical (unpaired) electrons. The highest BCUT2D eigenvalue weighted by molar-refractivity contribution is 5.38. The van der Waals surface area contributed by atoms with Crippen molar-refractivity contribution in [3.63, 3.8) is 0 Å². The second-order valence-corrected chi connectivity index (χ2v) is 3.19. The topological polar surface area (TPSA) is 18.5 Å². The number of halogens is 1. The molecule has 0 aliphatic rings. The Hall–Kier alpha value is -2.03. The third-order valence-electron chi connectivity index (χ3n) is 2.12. The first-order valence-corrected chi connectivity index (χ1v) is 4.86. The maximum Gasteiger partial charge on any atom is 0.207 e. The molecule has 0 amide bonds. The number of hydrogen-bond donors (Lipinski definition) is 0. The first-order chi connectivity index (χ1) is 7.81. The first kappa shape index (κ1) is 10.5. The number of ether oxygens (including phenoxy) is 2. The van der Waals surface area contributed by atoms with Gasteiger partial charge < -0.3 is 9.47 Å². The summed E-state index contributed by atoms with van der Waals surface area (Å²) in [5.41, 5.74) is 0. The van der Waals surface area contributed by atoms with Crippen LogP contribution in [-0.2, 0) is 0 Å². The van der Waals surface area contributed by atoms with Gasteiger partial charge in [0.15, 0.2) is 11.5 Å². The van der Waals surface area contributed by atoms with Crippen molar-refractivity contribution in [2.24, 2.45) is 0 Å². The smallest absolute Gasteiger partial charge is 0.207 e. The van der Waals surface area contributed by atoms with E-state index in [1.807, 2.05) is 18.2 Å². The summed E-state index contributed by atoms with van der Waals surface area (Å²) in [5, 5.41) is 0. The summed E-state index contributed by atoms with van der Waals surface area (Å²) in [6.45, 7) is 0. The van der Waals surface area contributed by atoms with Crippen LogP contribution < -0.4 is 9.47 Å². The van der Waals surface area contributed by atoms with Crippen molar-refractivity contribution in [1.29, 1.82) is 0 Å². The monoisotopic (exact) mass is 218 g/mol. The maximum absolute atomic E-state index is 13.7. The lowest BCUT2D eigenvalue weighted by molar-refractivity contribution is 0.368. The van der Waals surface area contributed by atoms with Crippen molar-refractivity contribution in [2.75, 3.05) is 7.11 Å². The van der Waals surface area contributed by atoms with Gasteiger partial charge in [0.1, 0.15) is 5.75 Å². The van der Waals surface area contributed by atoms with Crippen LogP contribution in [0, 0.1) is 5.82 Å². The van der Waals surface area contributed by atoms with Gasteiger partial charge in [-0.25, -0.2) is 0 Å². The van der Waals surface area contributed by atoms with Crippen LogP contribution in [-0.4, -0.2) is 7.11 Å². The van der Waals surface area contributed by atoms with Gasteiger partial charge in [-0.3, -0.25) is 0 Å². The zero-order valence-corrected chi connectivity index (χ0v) is 8.81. The van der Waals surface area contributed by atoms with E-state index >= 15 is 0 Å². The van der Waals surface area contributed by atoms with Crippen LogP contribution in [0.1, 0.15) is 0 Å². The van der Waals surface area contributed by atoms with Crippen LogP contribution in [0.3, 0.4) is 0 Å². The molecule has 0 spiro atoms. The summed E-state index contributed by atoms with van der Waals surface area (Å²) in [4.78, 5) is 0. The van der Waals surface area contributed by atoms with Crippen LogP contribution in [0.2, 0.25) is 0 Å². The standard InChI is InChI=1S/C13H11FO2/c1-15-11-8-5-9-12(13(11)14)16-10-6-3-2-4-7-10/h2-9H,1H3. The van der Waals surface area contributed by atoms with E-state index < -0.39 is 5.82 Å². The molecule has 2 aromatic carbocycles. The largest absolute Gasteiger partial charge is 0.494 e. The summed E-state index contributed by atoms with van der Waals surface area (Å²) in [5.74, 6) is 0.433. The molecule has 2 aromatic rings. The Labute approximate surface area is 93.2 Å². The number of para-hydroxylation sites is 1. The fourth-order valence-corrected chi connectivity index (χ4v) is 1.34. The van der Waals surface area contributed by atoms with Gasteiger partial charge in [-0.1, -0.05) is 24.3 Å². The summed E-state index contributed by atoms with van der Waals surface area (Å²) < 4.78 is 24.0. The van der Waals surface area contributed by atoms with Crippen molar-refractivity contribution in [3.8, 4) is 17.2 Å². The Kier molecular flexibility index (Phi) is 3.05. The van der Waals surface area contributed by atoms with E-state index in [-0.39, 0.29) is 11.5 Å². The molecular formula is C13H11FO2. The fraction of sp³-hybridized carbons (Fsp3) is 0.0769. The van der Waals surface area contributed by atoms with Gasteiger partial charge >= 0.3 is 0 Å². The fourth-order valence-electron chi connectivity index (χ4n) is 1.34. The molecule has 0 bridgehead atoms. The predicted molar refractivity (Wildman–Crippen MR) is 59.5 cm³/mol. The molecule has 3 heteroatoms. The Bertz CT molecular complexity index is 469. The van der Waals surface area contributed by atoms with E-state index in [1.54, 1.807) is 30.3 Å². The predicted octanol–water partition coefficient (Wildman–Crippen LogP) is 3.63. The van der Waals surface area contributed by atoms with E-state index in [4.69, 9.17) is 9.47 Å². The second-order valence-electron chi connectivity index (χ2n) is 3.19. The van der Waals surface area contributed by atoms with Gasteiger partial charge in [0.25, 0.3) is 0 Å². The van der Waals surface area contributed by atoms with E-state index in [1.165, 1.54) is 7.11 Å². The van der Waals surface area contributed by atoms with Gasteiger partial charge in [-0.05, 0) is 24.3 Å². The molecule has 2 nitrogen and oxygen atoms in total. The third-order valence-corrected chi connectivity index (χ3v) is 2.12. The Morgan fingerprint density at radius 2 is 1.56 bits per heavy atom. The summed E-state index contributed by atoms with van der Waals surface area (Å²) in [6.07, 6.45) is 0. The van der Waals surface area contributed by atoms with E-state index in [0.717, 1.165) is 0 Å². The summed E-state index contributed by atoms with van der Waals surface area (Å²) in [6, 6.07) is 13.8.